The summed E-state index contributed by atoms with van der Waals surface area (Å²) in [5.41, 5.74) is 39.8. The minimum absolute atomic E-state index is 0. The van der Waals surface area contributed by atoms with Gasteiger partial charge in [-0.1, -0.05) is 84.9 Å². The number of rotatable bonds is 5. The second kappa shape index (κ2) is 15.8. The molecule has 12 nitrogen and oxygen atoms in total. The van der Waals surface area contributed by atoms with E-state index < -0.39 is 0 Å². The molecule has 0 atom stereocenters. The number of aliphatic imine (C=N–C) groups is 5. The summed E-state index contributed by atoms with van der Waals surface area (Å²) in [6, 6.07) is 26.9. The van der Waals surface area contributed by atoms with Gasteiger partial charge in [-0.3, -0.25) is 5.41 Å². The number of nitrogens with zero attached hydrogens (tertiary/aromatic N) is 5. The molecule has 0 fully saturated rings. The first-order valence-corrected chi connectivity index (χ1v) is 13.2. The van der Waals surface area contributed by atoms with Crippen LogP contribution < -0.4 is 44.8 Å². The van der Waals surface area contributed by atoms with Gasteiger partial charge in [0.05, 0.1) is 22.7 Å². The maximum absolute atomic E-state index is 6.96. The van der Waals surface area contributed by atoms with E-state index in [2.05, 4.69) is 25.0 Å². The van der Waals surface area contributed by atoms with E-state index in [4.69, 9.17) is 39.8 Å². The van der Waals surface area contributed by atoms with E-state index in [9.17, 15) is 0 Å². The minimum atomic E-state index is 0. The molecule has 1 heterocycles. The molecule has 0 bridgehead atoms. The molecule has 0 amide bonds. The van der Waals surface area contributed by atoms with Crippen LogP contribution in [0.25, 0.3) is 12.4 Å². The van der Waals surface area contributed by atoms with Gasteiger partial charge in [-0.25, -0.2) is 25.0 Å². The van der Waals surface area contributed by atoms with E-state index in [1.165, 1.54) is 18.7 Å². The number of benzene rings is 4. The van der Waals surface area contributed by atoms with E-state index in [0.29, 0.717) is 27.7 Å². The molecule has 13 N–H and O–H groups in total. The number of amidine groups is 3. The van der Waals surface area contributed by atoms with Crippen LogP contribution in [0.2, 0.25) is 0 Å². The highest BCUT2D eigenvalue weighted by molar-refractivity contribution is 6.24. The second-order valence-electron chi connectivity index (χ2n) is 9.12. The highest BCUT2D eigenvalue weighted by atomic mass is 35.5. The number of nitrogen functional groups attached to an aromatic ring is 4. The lowest BCUT2D eigenvalue weighted by Crippen LogP contribution is -2.34. The molecule has 0 aromatic heterocycles. The van der Waals surface area contributed by atoms with Gasteiger partial charge in [0.1, 0.15) is 18.5 Å². The number of hydrogen-bond acceptors (Lipinski definition) is 8. The van der Waals surface area contributed by atoms with Crippen LogP contribution in [0.1, 0.15) is 22.3 Å². The summed E-state index contributed by atoms with van der Waals surface area (Å²) in [7, 11) is 0. The van der Waals surface area contributed by atoms with Crippen LogP contribution >= 0.6 is 12.4 Å². The molecular formula is C32H33ClN12. The predicted octanol–water partition coefficient (Wildman–Crippen LogP) is 2.23. The predicted molar refractivity (Wildman–Crippen MR) is 192 cm³/mol. The molecule has 5 rings (SSSR count). The monoisotopic (exact) mass is 620 g/mol. The standard InChI is InChI=1S/C26H26N12.C6H6.ClH/c27-9-18-19(21(30)23(32)22(31)20(18)29)11-36-26-17-8-4-3-7-16(17)25(38-26)35-10-14-5-1-2-6-15(14)24(33)37-13-34-12-28;1-2-4-6-5-3-1;/h1-13H,27,29-32H2,(H3,28,33,34,37);1-6H;1H/b18-9-,19-11-,35-10?,36-26?;;. The van der Waals surface area contributed by atoms with Crippen LogP contribution in [0.4, 0.5) is 22.7 Å². The molecule has 1 aliphatic heterocycles. The van der Waals surface area contributed by atoms with Gasteiger partial charge in [0.25, 0.3) is 0 Å². The number of nitrogens with two attached hydrogens (primary N) is 6. The first-order valence-electron chi connectivity index (χ1n) is 13.2. The third-order valence-electron chi connectivity index (χ3n) is 6.41. The third-order valence-corrected chi connectivity index (χ3v) is 6.41. The summed E-state index contributed by atoms with van der Waals surface area (Å²) in [6.07, 6.45) is 6.53. The lowest BCUT2D eigenvalue weighted by molar-refractivity contribution is 1.45. The van der Waals surface area contributed by atoms with Crippen LogP contribution in [0.15, 0.2) is 110 Å². The largest absolute Gasteiger partial charge is 0.404 e. The number of anilines is 4. The number of halogens is 1. The minimum Gasteiger partial charge on any atom is -0.404 e. The van der Waals surface area contributed by atoms with Crippen molar-refractivity contribution in [3.05, 3.63) is 118 Å². The van der Waals surface area contributed by atoms with Gasteiger partial charge >= 0.3 is 0 Å². The maximum Gasteiger partial charge on any atom is 0.162 e. The molecule has 45 heavy (non-hydrogen) atoms. The topological polar surface area (TPSA) is 242 Å². The molecular weight excluding hydrogens is 588 g/mol. The van der Waals surface area contributed by atoms with Crippen LogP contribution in [-0.4, -0.2) is 36.4 Å². The summed E-state index contributed by atoms with van der Waals surface area (Å²) in [6.45, 7) is 0. The smallest absolute Gasteiger partial charge is 0.162 e. The highest BCUT2D eigenvalue weighted by Gasteiger charge is 2.20. The lowest BCUT2D eigenvalue weighted by atomic mass is 10.1. The molecule has 0 saturated carbocycles. The van der Waals surface area contributed by atoms with Gasteiger partial charge in [-0.2, -0.15) is 0 Å². The Hall–Kier alpha value is -6.27. The van der Waals surface area contributed by atoms with Crippen LogP contribution in [0, 0.1) is 5.41 Å². The molecule has 0 aliphatic carbocycles. The van der Waals surface area contributed by atoms with Gasteiger partial charge in [0.15, 0.2) is 11.7 Å². The fourth-order valence-corrected chi connectivity index (χ4v) is 4.16. The zero-order valence-corrected chi connectivity index (χ0v) is 24.9. The number of fused-ring (bicyclic) bond motifs is 1. The van der Waals surface area contributed by atoms with Crippen molar-refractivity contribution >= 4 is 84.0 Å². The van der Waals surface area contributed by atoms with E-state index in [1.807, 2.05) is 84.9 Å². The van der Waals surface area contributed by atoms with E-state index in [1.54, 1.807) is 6.21 Å². The third kappa shape index (κ3) is 7.77. The summed E-state index contributed by atoms with van der Waals surface area (Å²) in [4.78, 5) is 21.5. The Morgan fingerprint density at radius 1 is 0.733 bits per heavy atom. The second-order valence-corrected chi connectivity index (χ2v) is 9.12. The Bertz CT molecular complexity index is 1920. The van der Waals surface area contributed by atoms with Gasteiger partial charge in [-0.05, 0) is 0 Å². The van der Waals surface area contributed by atoms with Gasteiger partial charge in [0, 0.05) is 51.3 Å². The normalized spacial score (nSPS) is 14.2. The molecule has 0 unspecified atom stereocenters. The molecule has 4 aromatic rings. The fourth-order valence-electron chi connectivity index (χ4n) is 4.16. The molecule has 1 aliphatic rings. The van der Waals surface area contributed by atoms with Crippen molar-refractivity contribution in [3.63, 3.8) is 0 Å². The average Bonchev–Trinajstić information content (AvgIpc) is 3.42. The van der Waals surface area contributed by atoms with Crippen molar-refractivity contribution in [3.8, 4) is 0 Å². The summed E-state index contributed by atoms with van der Waals surface area (Å²) in [5.74, 6) is 1.11. The molecule has 0 spiro atoms. The van der Waals surface area contributed by atoms with Crippen LogP contribution in [-0.2, 0) is 0 Å². The fraction of sp³-hybridized carbons (Fsp3) is 0. The van der Waals surface area contributed by atoms with E-state index >= 15 is 0 Å². The van der Waals surface area contributed by atoms with Gasteiger partial charge in [-0.15, -0.1) is 12.4 Å². The van der Waals surface area contributed by atoms with E-state index in [0.717, 1.165) is 23.0 Å². The Morgan fingerprint density at radius 2 is 1.31 bits per heavy atom. The Balaban J connectivity index is 0.000000706. The SMILES string of the molecule is Cl.N=CN=CN=C(N)c1ccccc1C=NC1=NC(=N/C=c2\c(N)c(N)c(N)c(N)\c2=C/N)c2ccccc21.c1ccccc1. The molecule has 228 valence electrons. The zero-order valence-electron chi connectivity index (χ0n) is 24.1. The first kappa shape index (κ1) is 33.2. The zero-order chi connectivity index (χ0) is 31.5. The Kier molecular flexibility index (Phi) is 11.7. The average molecular weight is 621 g/mol. The molecule has 0 saturated heterocycles. The summed E-state index contributed by atoms with van der Waals surface area (Å²) in [5, 5.41) is 7.82. The van der Waals surface area contributed by atoms with Gasteiger partial charge < -0.3 is 34.4 Å². The van der Waals surface area contributed by atoms with Gasteiger partial charge in [0.2, 0.25) is 0 Å². The Labute approximate surface area is 265 Å². The van der Waals surface area contributed by atoms with Crippen molar-refractivity contribution in [2.45, 2.75) is 0 Å². The number of hydrogen-bond donors (Lipinski definition) is 7. The highest BCUT2D eigenvalue weighted by Crippen LogP contribution is 2.23. The first-order chi connectivity index (χ1) is 21.4. The van der Waals surface area contributed by atoms with Crippen molar-refractivity contribution in [2.24, 2.45) is 36.4 Å². The van der Waals surface area contributed by atoms with Crippen molar-refractivity contribution in [1.82, 2.24) is 0 Å². The lowest BCUT2D eigenvalue weighted by Gasteiger charge is -2.09. The Morgan fingerprint density at radius 3 is 1.93 bits per heavy atom. The number of nitrogens with one attached hydrogen (secondary N) is 1. The van der Waals surface area contributed by atoms with Crippen LogP contribution in [0.3, 0.4) is 0 Å². The van der Waals surface area contributed by atoms with Crippen molar-refractivity contribution in [1.29, 1.82) is 5.41 Å². The molecule has 4 aromatic carbocycles. The summed E-state index contributed by atoms with van der Waals surface area (Å²) < 4.78 is 0. The van der Waals surface area contributed by atoms with Crippen molar-refractivity contribution in [2.75, 3.05) is 22.9 Å². The molecule has 0 radical (unpaired) electrons. The quantitative estimate of drug-likeness (QED) is 0.100. The van der Waals surface area contributed by atoms with Crippen molar-refractivity contribution < 1.29 is 0 Å². The summed E-state index contributed by atoms with van der Waals surface area (Å²) >= 11 is 0. The van der Waals surface area contributed by atoms with E-state index in [-0.39, 0.29) is 41.0 Å². The van der Waals surface area contributed by atoms with Crippen LogP contribution in [0.5, 0.6) is 0 Å². The maximum atomic E-state index is 6.96. The molecule has 13 heteroatoms.